The highest BCUT2D eigenvalue weighted by atomic mass is 19.1. The van der Waals surface area contributed by atoms with Crippen LogP contribution < -0.4 is 0 Å². The van der Waals surface area contributed by atoms with Crippen molar-refractivity contribution in [1.82, 2.24) is 0 Å². The molecule has 0 heterocycles. The highest BCUT2D eigenvalue weighted by Crippen LogP contribution is 2.25. The number of rotatable bonds is 24. The van der Waals surface area contributed by atoms with Gasteiger partial charge in [-0.2, -0.15) is 0 Å². The molecule has 0 spiro atoms. The van der Waals surface area contributed by atoms with Crippen LogP contribution in [0, 0.1) is 5.92 Å². The van der Waals surface area contributed by atoms with Crippen LogP contribution in [0.5, 0.6) is 0 Å². The van der Waals surface area contributed by atoms with Crippen molar-refractivity contribution >= 4 is 5.97 Å². The normalized spacial score (nSPS) is 13.1. The Morgan fingerprint density at radius 2 is 0.969 bits per heavy atom. The van der Waals surface area contributed by atoms with Gasteiger partial charge in [0.15, 0.2) is 0 Å². The van der Waals surface area contributed by atoms with Gasteiger partial charge in [-0.05, 0) is 19.8 Å². The maximum absolute atomic E-state index is 14.6. The smallest absolute Gasteiger partial charge is 0.335 e. The minimum Gasteiger partial charge on any atom is -0.427 e. The van der Waals surface area contributed by atoms with Crippen molar-refractivity contribution in [3.63, 3.8) is 0 Å². The quantitative estimate of drug-likeness (QED) is 0.0823. The van der Waals surface area contributed by atoms with Gasteiger partial charge in [0.1, 0.15) is 0 Å². The number of hydrogen-bond acceptors (Lipinski definition) is 2. The number of ether oxygens (including phenoxy) is 1. The first kappa shape index (κ1) is 31.1. The van der Waals surface area contributed by atoms with Crippen molar-refractivity contribution in [2.45, 2.75) is 162 Å². The van der Waals surface area contributed by atoms with E-state index in [2.05, 4.69) is 20.4 Å². The molecule has 2 unspecified atom stereocenters. The van der Waals surface area contributed by atoms with Crippen LogP contribution >= 0.6 is 0 Å². The standard InChI is InChI=1S/C29H55FO2/c1-5-7-9-11-12-13-14-15-16-17-18-19-21-23-25-27(24-22-20-10-8-6-2)28(30)32-29(31)26(3)4/h27-28H,3,5-25H2,1-2,4H3. The number of hydrogen-bond donors (Lipinski definition) is 0. The van der Waals surface area contributed by atoms with Crippen LogP contribution in [0.4, 0.5) is 4.39 Å². The van der Waals surface area contributed by atoms with Gasteiger partial charge in [-0.3, -0.25) is 0 Å². The minimum absolute atomic E-state index is 0.169. The fraction of sp³-hybridized carbons (Fsp3) is 0.897. The summed E-state index contributed by atoms with van der Waals surface area (Å²) in [5, 5.41) is 0. The van der Waals surface area contributed by atoms with E-state index in [1.54, 1.807) is 6.92 Å². The van der Waals surface area contributed by atoms with Crippen molar-refractivity contribution in [1.29, 1.82) is 0 Å². The average Bonchev–Trinajstić information content (AvgIpc) is 2.77. The molecule has 0 rings (SSSR count). The average molecular weight is 455 g/mol. The summed E-state index contributed by atoms with van der Waals surface area (Å²) >= 11 is 0. The van der Waals surface area contributed by atoms with E-state index in [1.165, 1.54) is 96.3 Å². The molecule has 0 saturated heterocycles. The maximum Gasteiger partial charge on any atom is 0.335 e. The first-order valence-corrected chi connectivity index (χ1v) is 14.0. The Morgan fingerprint density at radius 3 is 1.28 bits per heavy atom. The van der Waals surface area contributed by atoms with Gasteiger partial charge in [0.05, 0.1) is 0 Å². The molecule has 190 valence electrons. The third kappa shape index (κ3) is 19.8. The molecule has 0 aromatic rings. The van der Waals surface area contributed by atoms with Crippen LogP contribution in [0.3, 0.4) is 0 Å². The van der Waals surface area contributed by atoms with Crippen molar-refractivity contribution < 1.29 is 13.9 Å². The zero-order valence-electron chi connectivity index (χ0n) is 21.9. The van der Waals surface area contributed by atoms with Gasteiger partial charge < -0.3 is 4.74 Å². The summed E-state index contributed by atoms with van der Waals surface area (Å²) in [6.45, 7) is 9.61. The summed E-state index contributed by atoms with van der Waals surface area (Å²) < 4.78 is 19.7. The van der Waals surface area contributed by atoms with Crippen LogP contribution in [-0.2, 0) is 9.53 Å². The third-order valence-corrected chi connectivity index (χ3v) is 6.55. The van der Waals surface area contributed by atoms with E-state index in [4.69, 9.17) is 4.74 Å². The molecular weight excluding hydrogens is 399 g/mol. The topological polar surface area (TPSA) is 26.3 Å². The Balaban J connectivity index is 3.87. The number of unbranched alkanes of at least 4 members (excludes halogenated alkanes) is 17. The predicted octanol–water partition coefficient (Wildman–Crippen LogP) is 10.2. The Hall–Kier alpha value is -0.860. The maximum atomic E-state index is 14.6. The van der Waals surface area contributed by atoms with Crippen LogP contribution in [0.1, 0.15) is 156 Å². The highest BCUT2D eigenvalue weighted by molar-refractivity contribution is 5.87. The summed E-state index contributed by atoms with van der Waals surface area (Å²) in [6.07, 6.45) is 24.5. The minimum atomic E-state index is -1.49. The lowest BCUT2D eigenvalue weighted by Crippen LogP contribution is -2.23. The molecular formula is C29H55FO2. The molecule has 0 bridgehead atoms. The van der Waals surface area contributed by atoms with Gasteiger partial charge in [0, 0.05) is 11.5 Å². The van der Waals surface area contributed by atoms with E-state index in [9.17, 15) is 9.18 Å². The zero-order chi connectivity index (χ0) is 23.9. The fourth-order valence-corrected chi connectivity index (χ4v) is 4.32. The fourth-order valence-electron chi connectivity index (χ4n) is 4.32. The summed E-state index contributed by atoms with van der Waals surface area (Å²) in [5.74, 6) is -0.772. The molecule has 0 N–H and O–H groups in total. The molecule has 2 nitrogen and oxygen atoms in total. The van der Waals surface area contributed by atoms with Crippen molar-refractivity contribution in [2.75, 3.05) is 0 Å². The lowest BCUT2D eigenvalue weighted by atomic mass is 9.94. The summed E-state index contributed by atoms with van der Waals surface area (Å²) in [5.41, 5.74) is 0.269. The molecule has 0 aliphatic rings. The van der Waals surface area contributed by atoms with Crippen LogP contribution in [0.2, 0.25) is 0 Å². The van der Waals surface area contributed by atoms with Crippen molar-refractivity contribution in [3.05, 3.63) is 12.2 Å². The number of carbonyl (C=O) groups excluding carboxylic acids is 1. The van der Waals surface area contributed by atoms with Crippen LogP contribution in [0.25, 0.3) is 0 Å². The van der Waals surface area contributed by atoms with Gasteiger partial charge in [0.2, 0.25) is 6.36 Å². The van der Waals surface area contributed by atoms with E-state index in [0.29, 0.717) is 0 Å². The second kappa shape index (κ2) is 23.3. The molecule has 0 aromatic carbocycles. The highest BCUT2D eigenvalue weighted by Gasteiger charge is 2.24. The Kier molecular flexibility index (Phi) is 22.7. The first-order chi connectivity index (χ1) is 15.5. The third-order valence-electron chi connectivity index (χ3n) is 6.55. The van der Waals surface area contributed by atoms with Gasteiger partial charge in [-0.1, -0.05) is 142 Å². The second-order valence-electron chi connectivity index (χ2n) is 9.88. The monoisotopic (exact) mass is 454 g/mol. The van der Waals surface area contributed by atoms with Crippen LogP contribution in [0.15, 0.2) is 12.2 Å². The molecule has 2 atom stereocenters. The lowest BCUT2D eigenvalue weighted by Gasteiger charge is -2.21. The van der Waals surface area contributed by atoms with Crippen molar-refractivity contribution in [2.24, 2.45) is 5.92 Å². The summed E-state index contributed by atoms with van der Waals surface area (Å²) in [6, 6.07) is 0. The predicted molar refractivity (Wildman–Crippen MR) is 138 cm³/mol. The SMILES string of the molecule is C=C(C)C(=O)OC(F)C(CCCCCCC)CCCCCCCCCCCCCCCC. The van der Waals surface area contributed by atoms with E-state index in [0.717, 1.165) is 38.5 Å². The zero-order valence-corrected chi connectivity index (χ0v) is 21.9. The molecule has 0 aromatic heterocycles. The van der Waals surface area contributed by atoms with Gasteiger partial charge in [-0.25, -0.2) is 9.18 Å². The molecule has 0 radical (unpaired) electrons. The summed E-state index contributed by atoms with van der Waals surface area (Å²) in [4.78, 5) is 11.7. The number of alkyl halides is 1. The van der Waals surface area contributed by atoms with E-state index in [1.807, 2.05) is 0 Å². The molecule has 32 heavy (non-hydrogen) atoms. The lowest BCUT2D eigenvalue weighted by molar-refractivity contribution is -0.159. The van der Waals surface area contributed by atoms with Crippen molar-refractivity contribution in [3.8, 4) is 0 Å². The molecule has 0 aliphatic carbocycles. The molecule has 0 amide bonds. The summed E-state index contributed by atoms with van der Waals surface area (Å²) in [7, 11) is 0. The number of carbonyl (C=O) groups is 1. The molecule has 0 saturated carbocycles. The van der Waals surface area contributed by atoms with E-state index in [-0.39, 0.29) is 11.5 Å². The number of halogens is 1. The van der Waals surface area contributed by atoms with Gasteiger partial charge >= 0.3 is 5.97 Å². The van der Waals surface area contributed by atoms with Crippen LogP contribution in [-0.4, -0.2) is 12.3 Å². The Bertz CT molecular complexity index is 435. The van der Waals surface area contributed by atoms with Gasteiger partial charge in [0.25, 0.3) is 0 Å². The van der Waals surface area contributed by atoms with Gasteiger partial charge in [-0.15, -0.1) is 0 Å². The first-order valence-electron chi connectivity index (χ1n) is 14.0. The molecule has 0 aliphatic heterocycles. The Labute approximate surface area is 200 Å². The number of esters is 1. The van der Waals surface area contributed by atoms with E-state index < -0.39 is 12.3 Å². The van der Waals surface area contributed by atoms with E-state index >= 15 is 0 Å². The molecule has 3 heteroatoms. The second-order valence-corrected chi connectivity index (χ2v) is 9.88. The Morgan fingerprint density at radius 1 is 0.656 bits per heavy atom. The largest absolute Gasteiger partial charge is 0.427 e. The molecule has 0 fully saturated rings.